The van der Waals surface area contributed by atoms with Crippen LogP contribution in [0.2, 0.25) is 0 Å². The van der Waals surface area contributed by atoms with Crippen LogP contribution in [0.3, 0.4) is 0 Å². The maximum absolute atomic E-state index is 12.6. The Labute approximate surface area is 160 Å². The third-order valence-corrected chi connectivity index (χ3v) is 6.95. The van der Waals surface area contributed by atoms with Crippen LogP contribution in [-0.4, -0.2) is 66.6 Å². The van der Waals surface area contributed by atoms with Crippen LogP contribution >= 0.6 is 11.3 Å². The number of fused-ring (bicyclic) bond motifs is 1. The summed E-state index contributed by atoms with van der Waals surface area (Å²) in [6.45, 7) is 7.92. The molecule has 26 heavy (non-hydrogen) atoms. The largest absolute Gasteiger partial charge is 0.484 e. The molecule has 2 fully saturated rings. The summed E-state index contributed by atoms with van der Waals surface area (Å²) in [5.41, 5.74) is 1.29. The highest BCUT2D eigenvalue weighted by Gasteiger charge is 2.28. The first kappa shape index (κ1) is 18.1. The van der Waals surface area contributed by atoms with Gasteiger partial charge < -0.3 is 19.4 Å². The van der Waals surface area contributed by atoms with Gasteiger partial charge in [-0.25, -0.2) is 4.79 Å². The number of piperidine rings is 1. The summed E-state index contributed by atoms with van der Waals surface area (Å²) in [6.07, 6.45) is 8.47. The summed E-state index contributed by atoms with van der Waals surface area (Å²) in [6, 6.07) is 2.40. The van der Waals surface area contributed by atoms with Gasteiger partial charge in [0.2, 0.25) is 0 Å². The fraction of sp³-hybridized carbons (Fsp3) is 0.750. The number of urea groups is 1. The van der Waals surface area contributed by atoms with Crippen LogP contribution in [0.15, 0.2) is 6.07 Å². The predicted molar refractivity (Wildman–Crippen MR) is 105 cm³/mol. The zero-order valence-corrected chi connectivity index (χ0v) is 16.6. The van der Waals surface area contributed by atoms with Crippen molar-refractivity contribution in [3.05, 3.63) is 16.5 Å². The molecule has 1 aromatic heterocycles. The number of hydrogen-bond acceptors (Lipinski definition) is 4. The molecule has 144 valence electrons. The number of thiophene rings is 1. The van der Waals surface area contributed by atoms with Crippen molar-refractivity contribution in [1.29, 1.82) is 0 Å². The zero-order chi connectivity index (χ0) is 17.8. The number of nitrogens with zero attached hydrogens (tertiary/aromatic N) is 3. The second kappa shape index (κ2) is 8.61. The Morgan fingerprint density at radius 1 is 1.00 bits per heavy atom. The normalized spacial score (nSPS) is 21.1. The number of hydrogen-bond donors (Lipinski definition) is 0. The van der Waals surface area contributed by atoms with Crippen molar-refractivity contribution >= 4 is 17.4 Å². The van der Waals surface area contributed by atoms with Crippen molar-refractivity contribution in [2.24, 2.45) is 0 Å². The van der Waals surface area contributed by atoms with Crippen molar-refractivity contribution in [3.8, 4) is 5.06 Å². The first-order valence-electron chi connectivity index (χ1n) is 10.3. The Kier molecular flexibility index (Phi) is 6.00. The van der Waals surface area contributed by atoms with Gasteiger partial charge in [0.15, 0.2) is 5.06 Å². The van der Waals surface area contributed by atoms with E-state index in [9.17, 15) is 4.79 Å². The fourth-order valence-electron chi connectivity index (χ4n) is 4.29. The molecule has 0 aliphatic carbocycles. The van der Waals surface area contributed by atoms with Crippen LogP contribution in [0.4, 0.5) is 4.79 Å². The van der Waals surface area contributed by atoms with Crippen LogP contribution in [0.1, 0.15) is 49.0 Å². The number of ether oxygens (including phenoxy) is 1. The number of rotatable bonds is 5. The molecule has 2 amide bonds. The molecule has 4 rings (SSSR count). The molecule has 2 saturated heterocycles. The highest BCUT2D eigenvalue weighted by atomic mass is 32.1. The lowest BCUT2D eigenvalue weighted by atomic mass is 10.1. The Bertz CT molecular complexity index is 606. The van der Waals surface area contributed by atoms with Gasteiger partial charge in [-0.2, -0.15) is 0 Å². The average Bonchev–Trinajstić information content (AvgIpc) is 3.34. The van der Waals surface area contributed by atoms with Gasteiger partial charge in [0.25, 0.3) is 0 Å². The van der Waals surface area contributed by atoms with Crippen LogP contribution in [0, 0.1) is 0 Å². The predicted octanol–water partition coefficient (Wildman–Crippen LogP) is 3.58. The Balaban J connectivity index is 1.24. The molecule has 3 aliphatic heterocycles. The molecule has 0 aromatic carbocycles. The molecule has 0 radical (unpaired) electrons. The van der Waals surface area contributed by atoms with Crippen molar-refractivity contribution in [2.45, 2.75) is 51.5 Å². The molecule has 4 heterocycles. The van der Waals surface area contributed by atoms with E-state index in [1.54, 1.807) is 11.3 Å². The lowest BCUT2D eigenvalue weighted by Crippen LogP contribution is -2.43. The van der Waals surface area contributed by atoms with Gasteiger partial charge in [0.1, 0.15) is 0 Å². The third-order valence-electron chi connectivity index (χ3n) is 5.80. The molecular formula is C20H31N3O2S. The summed E-state index contributed by atoms with van der Waals surface area (Å²) in [7, 11) is 0. The van der Waals surface area contributed by atoms with E-state index in [4.69, 9.17) is 4.74 Å². The van der Waals surface area contributed by atoms with Crippen molar-refractivity contribution in [2.75, 3.05) is 45.9 Å². The molecule has 6 heteroatoms. The lowest BCUT2D eigenvalue weighted by Gasteiger charge is -2.30. The summed E-state index contributed by atoms with van der Waals surface area (Å²) in [5, 5.41) is 1.03. The summed E-state index contributed by atoms with van der Waals surface area (Å²) >= 11 is 1.78. The standard InChI is InChI=1S/C20H31N3O2S/c24-20(22-11-4-5-12-22)23-13-7-18-17(16-23)15-19(26-18)25-14-6-10-21-8-2-1-3-9-21/h15H,1-14,16H2. The van der Waals surface area contributed by atoms with E-state index >= 15 is 0 Å². The molecule has 0 bridgehead atoms. The molecule has 1 aromatic rings. The lowest BCUT2D eigenvalue weighted by molar-refractivity contribution is 0.157. The number of carbonyl (C=O) groups is 1. The molecule has 0 N–H and O–H groups in total. The topological polar surface area (TPSA) is 36.0 Å². The summed E-state index contributed by atoms with van der Waals surface area (Å²) < 4.78 is 6.02. The number of likely N-dealkylation sites (tertiary alicyclic amines) is 2. The highest BCUT2D eigenvalue weighted by Crippen LogP contribution is 2.34. The quantitative estimate of drug-likeness (QED) is 0.736. The van der Waals surface area contributed by atoms with E-state index in [-0.39, 0.29) is 6.03 Å². The minimum atomic E-state index is 0.225. The van der Waals surface area contributed by atoms with Gasteiger partial charge in [0, 0.05) is 37.6 Å². The van der Waals surface area contributed by atoms with E-state index in [0.717, 1.165) is 70.1 Å². The van der Waals surface area contributed by atoms with E-state index in [1.165, 1.54) is 42.8 Å². The Hall–Kier alpha value is -1.27. The first-order chi connectivity index (χ1) is 12.8. The van der Waals surface area contributed by atoms with Gasteiger partial charge in [-0.3, -0.25) is 0 Å². The molecule has 5 nitrogen and oxygen atoms in total. The highest BCUT2D eigenvalue weighted by molar-refractivity contribution is 7.14. The fourth-order valence-corrected chi connectivity index (χ4v) is 5.33. The van der Waals surface area contributed by atoms with Gasteiger partial charge in [-0.1, -0.05) is 6.42 Å². The van der Waals surface area contributed by atoms with E-state index < -0.39 is 0 Å². The maximum atomic E-state index is 12.6. The summed E-state index contributed by atoms with van der Waals surface area (Å²) in [5.74, 6) is 0. The Morgan fingerprint density at radius 3 is 2.58 bits per heavy atom. The first-order valence-corrected chi connectivity index (χ1v) is 11.1. The molecular weight excluding hydrogens is 346 g/mol. The second-order valence-corrected chi connectivity index (χ2v) is 8.87. The van der Waals surface area contributed by atoms with Crippen LogP contribution in [0.5, 0.6) is 5.06 Å². The Morgan fingerprint density at radius 2 is 1.77 bits per heavy atom. The minimum absolute atomic E-state index is 0.225. The SMILES string of the molecule is O=C(N1CCCC1)N1CCc2sc(OCCCN3CCCCC3)cc2C1. The molecule has 0 unspecified atom stereocenters. The van der Waals surface area contributed by atoms with Gasteiger partial charge >= 0.3 is 6.03 Å². The van der Waals surface area contributed by atoms with Gasteiger partial charge in [0.05, 0.1) is 6.61 Å². The monoisotopic (exact) mass is 377 g/mol. The number of amides is 2. The van der Waals surface area contributed by atoms with Gasteiger partial charge in [-0.05, 0) is 63.2 Å². The molecule has 3 aliphatic rings. The van der Waals surface area contributed by atoms with Crippen LogP contribution < -0.4 is 4.74 Å². The smallest absolute Gasteiger partial charge is 0.320 e. The van der Waals surface area contributed by atoms with Gasteiger partial charge in [-0.15, -0.1) is 11.3 Å². The number of carbonyl (C=O) groups excluding carboxylic acids is 1. The molecule has 0 atom stereocenters. The maximum Gasteiger partial charge on any atom is 0.320 e. The molecule has 0 spiro atoms. The zero-order valence-electron chi connectivity index (χ0n) is 15.8. The van der Waals surface area contributed by atoms with E-state index in [2.05, 4.69) is 11.0 Å². The summed E-state index contributed by atoms with van der Waals surface area (Å²) in [4.78, 5) is 20.6. The van der Waals surface area contributed by atoms with Crippen LogP contribution in [-0.2, 0) is 13.0 Å². The van der Waals surface area contributed by atoms with Crippen molar-refractivity contribution in [3.63, 3.8) is 0 Å². The van der Waals surface area contributed by atoms with Crippen molar-refractivity contribution < 1.29 is 9.53 Å². The van der Waals surface area contributed by atoms with Crippen LogP contribution in [0.25, 0.3) is 0 Å². The minimum Gasteiger partial charge on any atom is -0.484 e. The van der Waals surface area contributed by atoms with E-state index in [1.807, 2.05) is 9.80 Å². The second-order valence-electron chi connectivity index (χ2n) is 7.77. The average molecular weight is 378 g/mol. The van der Waals surface area contributed by atoms with E-state index in [0.29, 0.717) is 0 Å². The third kappa shape index (κ3) is 4.34. The molecule has 0 saturated carbocycles. The van der Waals surface area contributed by atoms with Crippen molar-refractivity contribution in [1.82, 2.24) is 14.7 Å².